The van der Waals surface area contributed by atoms with Gasteiger partial charge in [-0.25, -0.2) is 4.99 Å². The second-order valence-electron chi connectivity index (χ2n) is 1.59. The Morgan fingerprint density at radius 3 is 2.36 bits per heavy atom. The van der Waals surface area contributed by atoms with Gasteiger partial charge in [-0.15, -0.1) is 24.8 Å². The molecule has 0 fully saturated rings. The Morgan fingerprint density at radius 1 is 1.55 bits per heavy atom. The molecule has 0 saturated carbocycles. The lowest BCUT2D eigenvalue weighted by atomic mass is 10.6. The van der Waals surface area contributed by atoms with Gasteiger partial charge in [0.1, 0.15) is 5.16 Å². The molecule has 7 heteroatoms. The van der Waals surface area contributed by atoms with Crippen LogP contribution in [-0.2, 0) is 0 Å². The van der Waals surface area contributed by atoms with E-state index >= 15 is 0 Å². The van der Waals surface area contributed by atoms with E-state index in [1.165, 1.54) is 6.21 Å². The summed E-state index contributed by atoms with van der Waals surface area (Å²) in [6, 6.07) is 0. The summed E-state index contributed by atoms with van der Waals surface area (Å²) in [5.41, 5.74) is 5.30. The standard InChI is InChI=1S/C4H5Cl2N3.2ClH/c5-3-1-2-8-4(6,7)9-3;;/h1-2,9H,7H2;2*1H. The van der Waals surface area contributed by atoms with Gasteiger partial charge >= 0.3 is 0 Å². The number of nitrogens with zero attached hydrogens (tertiary/aromatic N) is 1. The number of rotatable bonds is 0. The Hall–Kier alpha value is 0.330. The second-order valence-corrected chi connectivity index (χ2v) is 2.57. The van der Waals surface area contributed by atoms with E-state index in [9.17, 15) is 0 Å². The third-order valence-corrected chi connectivity index (χ3v) is 1.19. The fourth-order valence-corrected chi connectivity index (χ4v) is 0.860. The first-order valence-electron chi connectivity index (χ1n) is 2.27. The van der Waals surface area contributed by atoms with E-state index in [-0.39, 0.29) is 24.8 Å². The van der Waals surface area contributed by atoms with Crippen molar-refractivity contribution in [2.75, 3.05) is 0 Å². The Kier molecular flexibility index (Phi) is 6.39. The zero-order chi connectivity index (χ0) is 6.91. The molecule has 11 heavy (non-hydrogen) atoms. The van der Waals surface area contributed by atoms with Gasteiger partial charge in [0.2, 0.25) is 0 Å². The van der Waals surface area contributed by atoms with E-state index in [0.717, 1.165) is 0 Å². The number of alkyl halides is 1. The summed E-state index contributed by atoms with van der Waals surface area (Å²) in [5.74, 6) is 0. The summed E-state index contributed by atoms with van der Waals surface area (Å²) in [6.07, 6.45) is 3.01. The van der Waals surface area contributed by atoms with Crippen LogP contribution in [0.3, 0.4) is 0 Å². The topological polar surface area (TPSA) is 50.4 Å². The molecule has 1 rings (SSSR count). The van der Waals surface area contributed by atoms with Gasteiger partial charge in [0.25, 0.3) is 5.25 Å². The normalized spacial score (nSPS) is 27.4. The van der Waals surface area contributed by atoms with Gasteiger partial charge < -0.3 is 5.32 Å². The van der Waals surface area contributed by atoms with Crippen LogP contribution in [0.2, 0.25) is 0 Å². The highest BCUT2D eigenvalue weighted by molar-refractivity contribution is 6.32. The van der Waals surface area contributed by atoms with Crippen LogP contribution in [-0.4, -0.2) is 11.5 Å². The fraction of sp³-hybridized carbons (Fsp3) is 0.250. The van der Waals surface area contributed by atoms with Crippen LogP contribution in [0.5, 0.6) is 0 Å². The Bertz CT molecular complexity index is 176. The van der Waals surface area contributed by atoms with Gasteiger partial charge in [0.15, 0.2) is 0 Å². The van der Waals surface area contributed by atoms with E-state index in [2.05, 4.69) is 10.3 Å². The van der Waals surface area contributed by atoms with Crippen molar-refractivity contribution < 1.29 is 0 Å². The molecule has 0 spiro atoms. The zero-order valence-corrected chi connectivity index (χ0v) is 8.40. The number of nitrogens with two attached hydrogens (primary N) is 1. The van der Waals surface area contributed by atoms with Crippen molar-refractivity contribution in [3.05, 3.63) is 11.2 Å². The smallest absolute Gasteiger partial charge is 0.263 e. The third-order valence-electron chi connectivity index (χ3n) is 0.778. The summed E-state index contributed by atoms with van der Waals surface area (Å²) in [6.45, 7) is 0. The average Bonchev–Trinajstić information content (AvgIpc) is 1.60. The molecule has 1 atom stereocenters. The van der Waals surface area contributed by atoms with Crippen molar-refractivity contribution >= 4 is 54.2 Å². The van der Waals surface area contributed by atoms with Crippen molar-refractivity contribution in [1.82, 2.24) is 5.32 Å². The van der Waals surface area contributed by atoms with Crippen LogP contribution >= 0.6 is 48.0 Å². The van der Waals surface area contributed by atoms with Gasteiger partial charge in [-0.1, -0.05) is 23.2 Å². The van der Waals surface area contributed by atoms with Crippen LogP contribution < -0.4 is 11.1 Å². The molecule has 0 amide bonds. The first kappa shape index (κ1) is 13.9. The minimum absolute atomic E-state index is 0. The zero-order valence-electron chi connectivity index (χ0n) is 5.25. The highest BCUT2D eigenvalue weighted by Gasteiger charge is 2.20. The molecule has 1 aliphatic rings. The number of hydrogen-bond acceptors (Lipinski definition) is 3. The number of aliphatic imine (C=N–C) groups is 1. The molecule has 0 bridgehead atoms. The summed E-state index contributed by atoms with van der Waals surface area (Å²) in [5, 5.41) is 1.66. The van der Waals surface area contributed by atoms with Crippen LogP contribution in [0.1, 0.15) is 0 Å². The van der Waals surface area contributed by atoms with Crippen LogP contribution in [0.4, 0.5) is 0 Å². The third kappa shape index (κ3) is 4.71. The molecule has 1 aliphatic heterocycles. The molecule has 0 aromatic rings. The van der Waals surface area contributed by atoms with E-state index < -0.39 is 5.25 Å². The van der Waals surface area contributed by atoms with Crippen LogP contribution in [0.15, 0.2) is 16.2 Å². The molecular formula is C4H7Cl4N3. The van der Waals surface area contributed by atoms with E-state index in [1.54, 1.807) is 6.08 Å². The van der Waals surface area contributed by atoms with Gasteiger partial charge in [-0.2, -0.15) is 0 Å². The molecule has 0 aromatic carbocycles. The van der Waals surface area contributed by atoms with Crippen molar-refractivity contribution in [2.24, 2.45) is 10.7 Å². The molecule has 3 N–H and O–H groups in total. The van der Waals surface area contributed by atoms with Crippen molar-refractivity contribution in [1.29, 1.82) is 0 Å². The monoisotopic (exact) mass is 237 g/mol. The van der Waals surface area contributed by atoms with Gasteiger partial charge in [-0.3, -0.25) is 5.73 Å². The molecule has 66 valence electrons. The highest BCUT2D eigenvalue weighted by Crippen LogP contribution is 2.12. The SMILES string of the molecule is Cl.Cl.NC1(Cl)N=CC=C(Cl)N1. The second kappa shape index (κ2) is 5.06. The highest BCUT2D eigenvalue weighted by atomic mass is 35.5. The fourth-order valence-electron chi connectivity index (χ4n) is 0.453. The lowest BCUT2D eigenvalue weighted by molar-refractivity contribution is 0.558. The number of nitrogens with one attached hydrogen (secondary N) is 1. The first-order chi connectivity index (χ1) is 4.10. The molecule has 0 radical (unpaired) electrons. The van der Waals surface area contributed by atoms with Crippen molar-refractivity contribution in [3.8, 4) is 0 Å². The van der Waals surface area contributed by atoms with E-state index in [0.29, 0.717) is 5.16 Å². The quantitative estimate of drug-likeness (QED) is 0.495. The predicted molar refractivity (Wildman–Crippen MR) is 52.8 cm³/mol. The maximum Gasteiger partial charge on any atom is 0.263 e. The molecular weight excluding hydrogens is 232 g/mol. The molecule has 0 saturated heterocycles. The molecule has 3 nitrogen and oxygen atoms in total. The number of allylic oxidation sites excluding steroid dienone is 1. The molecule has 1 unspecified atom stereocenters. The van der Waals surface area contributed by atoms with Crippen molar-refractivity contribution in [2.45, 2.75) is 5.25 Å². The van der Waals surface area contributed by atoms with Gasteiger partial charge in [0.05, 0.1) is 0 Å². The molecule has 0 aliphatic carbocycles. The van der Waals surface area contributed by atoms with Crippen LogP contribution in [0, 0.1) is 0 Å². The minimum Gasteiger partial charge on any atom is -0.326 e. The first-order valence-corrected chi connectivity index (χ1v) is 3.03. The summed E-state index contributed by atoms with van der Waals surface area (Å²) in [4.78, 5) is 3.66. The van der Waals surface area contributed by atoms with E-state index in [1.807, 2.05) is 0 Å². The summed E-state index contributed by atoms with van der Waals surface area (Å²) < 4.78 is 0. The minimum atomic E-state index is -1.26. The lowest BCUT2D eigenvalue weighted by Gasteiger charge is -2.20. The van der Waals surface area contributed by atoms with Crippen molar-refractivity contribution in [3.63, 3.8) is 0 Å². The Morgan fingerprint density at radius 2 is 2.09 bits per heavy atom. The average molecular weight is 239 g/mol. The van der Waals surface area contributed by atoms with Crippen LogP contribution in [0.25, 0.3) is 0 Å². The van der Waals surface area contributed by atoms with E-state index in [4.69, 9.17) is 28.9 Å². The summed E-state index contributed by atoms with van der Waals surface area (Å²) >= 11 is 11.0. The lowest BCUT2D eigenvalue weighted by Crippen LogP contribution is -2.46. The van der Waals surface area contributed by atoms with Gasteiger partial charge in [-0.05, 0) is 6.08 Å². The predicted octanol–water partition coefficient (Wildman–Crippen LogP) is 1.39. The molecule has 0 aromatic heterocycles. The molecule has 1 heterocycles. The summed E-state index contributed by atoms with van der Waals surface area (Å²) in [7, 11) is 0. The maximum absolute atomic E-state index is 5.51. The Labute approximate surface area is 86.8 Å². The number of halogens is 4. The Balaban J connectivity index is 0. The largest absolute Gasteiger partial charge is 0.326 e. The number of hydrogen-bond donors (Lipinski definition) is 2. The van der Waals surface area contributed by atoms with Gasteiger partial charge in [0, 0.05) is 6.21 Å². The maximum atomic E-state index is 5.51.